The fourth-order valence-electron chi connectivity index (χ4n) is 5.83. The zero-order valence-electron chi connectivity index (χ0n) is 20.0. The van der Waals surface area contributed by atoms with Gasteiger partial charge in [-0.15, -0.1) is 0 Å². The minimum absolute atomic E-state index is 0.110. The maximum atomic E-state index is 6.75. The predicted octanol–water partition coefficient (Wildman–Crippen LogP) is 5.35. The molecule has 0 radical (unpaired) electrons. The number of hydrogen-bond acceptors (Lipinski definition) is 7. The molecule has 7 rings (SSSR count). The number of piperidine rings is 1. The van der Waals surface area contributed by atoms with Gasteiger partial charge in [0.05, 0.1) is 16.9 Å². The Bertz CT molecular complexity index is 1440. The highest BCUT2D eigenvalue weighted by molar-refractivity contribution is 7.99. The van der Waals surface area contributed by atoms with E-state index in [0.717, 1.165) is 71.3 Å². The van der Waals surface area contributed by atoms with Crippen LogP contribution in [0.4, 0.5) is 5.95 Å². The standard InChI is InChI=1S/C27H28ClN7S/c28-22-19(13-16-5-6-16)30-10-7-20(22)36-21-15-31-24-25(32-21)34-26(33-24)35-11-8-27(9-12-35)14-17-3-1-2-4-18(17)23(27)29/h1-4,7,10,15-16,23H,5-6,8-9,11-14,29H2,(H,31,32,33,34)/t23-/m1/s1. The quantitative estimate of drug-likeness (QED) is 0.368. The first-order valence-electron chi connectivity index (χ1n) is 12.7. The summed E-state index contributed by atoms with van der Waals surface area (Å²) in [6.07, 6.45) is 10.3. The zero-order valence-corrected chi connectivity index (χ0v) is 21.5. The molecule has 1 aliphatic heterocycles. The van der Waals surface area contributed by atoms with Crippen molar-refractivity contribution in [2.45, 2.75) is 54.5 Å². The van der Waals surface area contributed by atoms with Crippen molar-refractivity contribution in [2.75, 3.05) is 18.0 Å². The summed E-state index contributed by atoms with van der Waals surface area (Å²) in [6.45, 7) is 1.83. The van der Waals surface area contributed by atoms with Crippen LogP contribution in [0.3, 0.4) is 0 Å². The summed E-state index contributed by atoms with van der Waals surface area (Å²) in [5.41, 5.74) is 11.9. The third-order valence-electron chi connectivity index (χ3n) is 8.14. The average Bonchev–Trinajstić information content (AvgIpc) is 3.55. The lowest BCUT2D eigenvalue weighted by Gasteiger charge is -2.42. The van der Waals surface area contributed by atoms with Crippen LogP contribution >= 0.6 is 23.4 Å². The van der Waals surface area contributed by atoms with Gasteiger partial charge < -0.3 is 15.6 Å². The van der Waals surface area contributed by atoms with E-state index in [-0.39, 0.29) is 11.5 Å². The number of fused-ring (bicyclic) bond motifs is 2. The Balaban J connectivity index is 1.07. The fraction of sp³-hybridized carbons (Fsp3) is 0.407. The summed E-state index contributed by atoms with van der Waals surface area (Å²) < 4.78 is 0. The molecule has 3 aromatic heterocycles. The normalized spacial score (nSPS) is 20.8. The van der Waals surface area contributed by atoms with Crippen molar-refractivity contribution in [3.05, 3.63) is 64.6 Å². The van der Waals surface area contributed by atoms with Crippen LogP contribution in [0.5, 0.6) is 0 Å². The number of imidazole rings is 1. The van der Waals surface area contributed by atoms with E-state index in [0.29, 0.717) is 11.3 Å². The molecule has 7 nitrogen and oxygen atoms in total. The topological polar surface area (TPSA) is 96.6 Å². The Morgan fingerprint density at radius 1 is 1.11 bits per heavy atom. The molecule has 1 spiro atoms. The summed E-state index contributed by atoms with van der Waals surface area (Å²) in [5, 5.41) is 1.52. The molecular formula is C27H28ClN7S. The molecule has 3 aliphatic rings. The number of pyridine rings is 1. The number of benzene rings is 1. The molecule has 2 fully saturated rings. The van der Waals surface area contributed by atoms with Crippen LogP contribution < -0.4 is 10.6 Å². The van der Waals surface area contributed by atoms with Crippen LogP contribution in [0.15, 0.2) is 52.6 Å². The molecule has 0 unspecified atom stereocenters. The van der Waals surface area contributed by atoms with E-state index in [2.05, 4.69) is 44.1 Å². The van der Waals surface area contributed by atoms with Gasteiger partial charge in [0, 0.05) is 30.2 Å². The molecule has 184 valence electrons. The lowest BCUT2D eigenvalue weighted by Crippen LogP contribution is -2.44. The molecule has 0 bridgehead atoms. The van der Waals surface area contributed by atoms with Crippen LogP contribution in [-0.2, 0) is 12.8 Å². The summed E-state index contributed by atoms with van der Waals surface area (Å²) >= 11 is 8.20. The highest BCUT2D eigenvalue weighted by Gasteiger charge is 2.46. The van der Waals surface area contributed by atoms with Gasteiger partial charge in [-0.3, -0.25) is 4.98 Å². The van der Waals surface area contributed by atoms with Gasteiger partial charge in [-0.05, 0) is 67.1 Å². The molecule has 0 amide bonds. The first kappa shape index (κ1) is 22.5. The maximum absolute atomic E-state index is 6.75. The second-order valence-electron chi connectivity index (χ2n) is 10.5. The number of hydrogen-bond donors (Lipinski definition) is 2. The van der Waals surface area contributed by atoms with Crippen molar-refractivity contribution in [1.82, 2.24) is 24.9 Å². The first-order valence-corrected chi connectivity index (χ1v) is 13.9. The second-order valence-corrected chi connectivity index (χ2v) is 11.9. The van der Waals surface area contributed by atoms with E-state index in [1.54, 1.807) is 6.20 Å². The van der Waals surface area contributed by atoms with Gasteiger partial charge in [0.25, 0.3) is 0 Å². The lowest BCUT2D eigenvalue weighted by molar-refractivity contribution is 0.187. The van der Waals surface area contributed by atoms with Crippen molar-refractivity contribution in [3.8, 4) is 0 Å². The number of nitrogens with two attached hydrogens (primary N) is 1. The molecule has 1 atom stereocenters. The van der Waals surface area contributed by atoms with Crippen molar-refractivity contribution in [2.24, 2.45) is 17.1 Å². The fourth-order valence-corrected chi connectivity index (χ4v) is 6.94. The summed E-state index contributed by atoms with van der Waals surface area (Å²) in [4.78, 5) is 25.3. The Morgan fingerprint density at radius 2 is 1.94 bits per heavy atom. The lowest BCUT2D eigenvalue weighted by atomic mass is 9.73. The third kappa shape index (κ3) is 3.96. The molecule has 2 aliphatic carbocycles. The van der Waals surface area contributed by atoms with Crippen LogP contribution in [0, 0.1) is 11.3 Å². The number of H-pyrrole nitrogens is 1. The minimum Gasteiger partial charge on any atom is -0.342 e. The molecule has 1 saturated carbocycles. The van der Waals surface area contributed by atoms with E-state index < -0.39 is 0 Å². The summed E-state index contributed by atoms with van der Waals surface area (Å²) in [5.74, 6) is 1.57. The number of aromatic amines is 1. The number of halogens is 1. The molecule has 1 aromatic carbocycles. The maximum Gasteiger partial charge on any atom is 0.206 e. The van der Waals surface area contributed by atoms with Crippen LogP contribution in [0.1, 0.15) is 48.5 Å². The smallest absolute Gasteiger partial charge is 0.206 e. The Labute approximate surface area is 219 Å². The Kier molecular flexibility index (Phi) is 5.45. The largest absolute Gasteiger partial charge is 0.342 e. The van der Waals surface area contributed by atoms with Gasteiger partial charge in [0.2, 0.25) is 5.95 Å². The van der Waals surface area contributed by atoms with Gasteiger partial charge in [-0.25, -0.2) is 9.97 Å². The molecule has 1 saturated heterocycles. The molecule has 4 aromatic rings. The molecule has 9 heteroatoms. The average molecular weight is 518 g/mol. The van der Waals surface area contributed by atoms with E-state index in [1.165, 1.54) is 35.7 Å². The monoisotopic (exact) mass is 517 g/mol. The molecule has 36 heavy (non-hydrogen) atoms. The van der Waals surface area contributed by atoms with Crippen molar-refractivity contribution in [3.63, 3.8) is 0 Å². The Hall–Kier alpha value is -2.68. The predicted molar refractivity (Wildman–Crippen MR) is 142 cm³/mol. The van der Waals surface area contributed by atoms with Crippen molar-refractivity contribution >= 4 is 40.6 Å². The van der Waals surface area contributed by atoms with E-state index >= 15 is 0 Å². The number of nitrogens with one attached hydrogen (secondary N) is 1. The molecule has 3 N–H and O–H groups in total. The number of aromatic nitrogens is 5. The first-order chi connectivity index (χ1) is 17.6. The van der Waals surface area contributed by atoms with Gasteiger partial charge >= 0.3 is 0 Å². The number of rotatable bonds is 5. The number of nitrogens with zero attached hydrogens (tertiary/aromatic N) is 5. The second kappa shape index (κ2) is 8.71. The van der Waals surface area contributed by atoms with E-state index in [1.807, 2.05) is 12.3 Å². The van der Waals surface area contributed by atoms with Crippen LogP contribution in [-0.4, -0.2) is 38.0 Å². The summed E-state index contributed by atoms with van der Waals surface area (Å²) in [7, 11) is 0. The highest BCUT2D eigenvalue weighted by Crippen LogP contribution is 2.51. The van der Waals surface area contributed by atoms with Crippen LogP contribution in [0.25, 0.3) is 11.3 Å². The highest BCUT2D eigenvalue weighted by atomic mass is 35.5. The van der Waals surface area contributed by atoms with E-state index in [4.69, 9.17) is 27.3 Å². The van der Waals surface area contributed by atoms with Gasteiger partial charge in [-0.2, -0.15) is 4.98 Å². The van der Waals surface area contributed by atoms with Crippen molar-refractivity contribution in [1.29, 1.82) is 0 Å². The van der Waals surface area contributed by atoms with Gasteiger partial charge in [-0.1, -0.05) is 47.6 Å². The minimum atomic E-state index is 0.110. The molecule has 4 heterocycles. The summed E-state index contributed by atoms with van der Waals surface area (Å²) in [6, 6.07) is 10.7. The zero-order chi connectivity index (χ0) is 24.3. The van der Waals surface area contributed by atoms with Gasteiger partial charge in [0.1, 0.15) is 5.03 Å². The van der Waals surface area contributed by atoms with Crippen LogP contribution in [0.2, 0.25) is 5.02 Å². The SMILES string of the molecule is N[C@@H]1c2ccccc2CC12CCN(c1nc3ncc(Sc4ccnc(CC5CC5)c4Cl)nc3[nH]1)CC2. The third-order valence-corrected chi connectivity index (χ3v) is 9.64. The number of anilines is 1. The van der Waals surface area contributed by atoms with Crippen molar-refractivity contribution < 1.29 is 0 Å². The van der Waals surface area contributed by atoms with Gasteiger partial charge in [0.15, 0.2) is 11.3 Å². The van der Waals surface area contributed by atoms with E-state index in [9.17, 15) is 0 Å². The molecular weight excluding hydrogens is 490 g/mol. The Morgan fingerprint density at radius 3 is 2.75 bits per heavy atom.